The van der Waals surface area contributed by atoms with Crippen LogP contribution in [0.4, 0.5) is 4.39 Å². The van der Waals surface area contributed by atoms with E-state index < -0.39 is 11.6 Å². The van der Waals surface area contributed by atoms with Crippen LogP contribution >= 0.6 is 0 Å². The minimum Gasteiger partial charge on any atom is -0.378 e. The van der Waals surface area contributed by atoms with Gasteiger partial charge >= 0.3 is 0 Å². The van der Waals surface area contributed by atoms with Crippen molar-refractivity contribution in [2.24, 2.45) is 5.92 Å². The molecule has 3 rings (SSSR count). The highest BCUT2D eigenvalue weighted by atomic mass is 19.1. The van der Waals surface area contributed by atoms with Crippen LogP contribution in [0.15, 0.2) is 54.6 Å². The fourth-order valence-corrected chi connectivity index (χ4v) is 4.75. The van der Waals surface area contributed by atoms with E-state index in [2.05, 4.69) is 41.8 Å². The Kier molecular flexibility index (Phi) is 8.81. The van der Waals surface area contributed by atoms with Crippen LogP contribution in [-0.4, -0.2) is 53.9 Å². The first-order valence-electron chi connectivity index (χ1n) is 11.8. The van der Waals surface area contributed by atoms with Crippen molar-refractivity contribution in [2.45, 2.75) is 51.2 Å². The molecule has 4 nitrogen and oxygen atoms in total. The van der Waals surface area contributed by atoms with Crippen molar-refractivity contribution in [1.29, 1.82) is 5.26 Å². The second-order valence-corrected chi connectivity index (χ2v) is 9.23. The molecule has 0 amide bonds. The van der Waals surface area contributed by atoms with Gasteiger partial charge < -0.3 is 10.0 Å². The number of hydrogen-bond acceptors (Lipinski definition) is 4. The molecule has 1 aliphatic heterocycles. The lowest BCUT2D eigenvalue weighted by Gasteiger charge is -2.38. The summed E-state index contributed by atoms with van der Waals surface area (Å²) in [6.07, 6.45) is 2.76. The molecule has 2 atom stereocenters. The molecule has 172 valence electrons. The summed E-state index contributed by atoms with van der Waals surface area (Å²) in [7, 11) is 0. The van der Waals surface area contributed by atoms with Crippen molar-refractivity contribution in [2.75, 3.05) is 32.7 Å². The van der Waals surface area contributed by atoms with Gasteiger partial charge in [0.1, 0.15) is 12.0 Å². The van der Waals surface area contributed by atoms with Gasteiger partial charge in [0.2, 0.25) is 0 Å². The molecule has 0 saturated carbocycles. The van der Waals surface area contributed by atoms with E-state index in [1.807, 2.05) is 18.2 Å². The van der Waals surface area contributed by atoms with Crippen LogP contribution < -0.4 is 0 Å². The highest BCUT2D eigenvalue weighted by molar-refractivity contribution is 5.33. The maximum Gasteiger partial charge on any atom is 0.123 e. The predicted octanol–water partition coefficient (Wildman–Crippen LogP) is 4.59. The zero-order valence-electron chi connectivity index (χ0n) is 19.4. The molecule has 1 fully saturated rings. The van der Waals surface area contributed by atoms with Crippen molar-refractivity contribution < 1.29 is 9.50 Å². The molecule has 1 saturated heterocycles. The van der Waals surface area contributed by atoms with Crippen LogP contribution in [0.3, 0.4) is 0 Å². The molecular formula is C27H36FN3O. The molecular weight excluding hydrogens is 401 g/mol. The van der Waals surface area contributed by atoms with Crippen LogP contribution in [0.25, 0.3) is 0 Å². The van der Waals surface area contributed by atoms with E-state index in [0.717, 1.165) is 63.1 Å². The lowest BCUT2D eigenvalue weighted by molar-refractivity contribution is -0.0297. The van der Waals surface area contributed by atoms with Gasteiger partial charge in [-0.15, -0.1) is 0 Å². The number of halogens is 1. The number of benzene rings is 2. The van der Waals surface area contributed by atoms with E-state index in [4.69, 9.17) is 0 Å². The minimum atomic E-state index is -0.465. The summed E-state index contributed by atoms with van der Waals surface area (Å²) in [4.78, 5) is 4.58. The molecule has 0 spiro atoms. The Morgan fingerprint density at radius 1 is 1.03 bits per heavy atom. The summed E-state index contributed by atoms with van der Waals surface area (Å²) in [5.41, 5.74) is 1.72. The van der Waals surface area contributed by atoms with Crippen LogP contribution in [-0.2, 0) is 11.8 Å². The first-order chi connectivity index (χ1) is 15.4. The van der Waals surface area contributed by atoms with Gasteiger partial charge in [0.25, 0.3) is 0 Å². The van der Waals surface area contributed by atoms with Crippen molar-refractivity contribution >= 4 is 0 Å². The molecule has 2 unspecified atom stereocenters. The Morgan fingerprint density at radius 3 is 2.28 bits per heavy atom. The van der Waals surface area contributed by atoms with Gasteiger partial charge in [-0.2, -0.15) is 5.26 Å². The number of piperazine rings is 1. The Hall–Kier alpha value is -2.26. The number of aryl methyl sites for hydroxylation is 1. The van der Waals surface area contributed by atoms with Crippen LogP contribution in [0, 0.1) is 23.1 Å². The third-order valence-corrected chi connectivity index (χ3v) is 6.95. The highest BCUT2D eigenvalue weighted by Gasteiger charge is 2.35. The number of nitrogens with zero attached hydrogens (tertiary/aromatic N) is 3. The minimum absolute atomic E-state index is 0.227. The van der Waals surface area contributed by atoms with Crippen LogP contribution in [0.5, 0.6) is 0 Å². The molecule has 0 bridgehead atoms. The molecule has 1 N–H and O–H groups in total. The predicted molar refractivity (Wildman–Crippen MR) is 127 cm³/mol. The van der Waals surface area contributed by atoms with E-state index in [-0.39, 0.29) is 11.7 Å². The Balaban J connectivity index is 1.43. The average molecular weight is 438 g/mol. The maximum atomic E-state index is 13.0. The highest BCUT2D eigenvalue weighted by Crippen LogP contribution is 2.36. The zero-order chi connectivity index (χ0) is 23.0. The molecule has 0 aliphatic carbocycles. The summed E-state index contributed by atoms with van der Waals surface area (Å²) in [6.45, 7) is 8.81. The largest absolute Gasteiger partial charge is 0.378 e. The summed E-state index contributed by atoms with van der Waals surface area (Å²) < 4.78 is 13.0. The monoisotopic (exact) mass is 437 g/mol. The van der Waals surface area contributed by atoms with Crippen molar-refractivity contribution in [3.63, 3.8) is 0 Å². The van der Waals surface area contributed by atoms with E-state index in [9.17, 15) is 14.8 Å². The van der Waals surface area contributed by atoms with E-state index >= 15 is 0 Å². The summed E-state index contributed by atoms with van der Waals surface area (Å²) in [5, 5.41) is 20.6. The quantitative estimate of drug-likeness (QED) is 0.591. The zero-order valence-corrected chi connectivity index (χ0v) is 19.4. The second kappa shape index (κ2) is 11.6. The van der Waals surface area contributed by atoms with E-state index in [1.165, 1.54) is 12.1 Å². The van der Waals surface area contributed by atoms with Crippen molar-refractivity contribution in [3.8, 4) is 6.07 Å². The second-order valence-electron chi connectivity index (χ2n) is 9.23. The van der Waals surface area contributed by atoms with Gasteiger partial charge in [-0.25, -0.2) is 4.39 Å². The molecule has 1 aliphatic rings. The fraction of sp³-hybridized carbons (Fsp3) is 0.519. The molecule has 0 aromatic heterocycles. The molecule has 1 heterocycles. The van der Waals surface area contributed by atoms with Gasteiger partial charge in [-0.05, 0) is 61.4 Å². The molecule has 2 aromatic rings. The van der Waals surface area contributed by atoms with E-state index in [1.54, 1.807) is 12.1 Å². The summed E-state index contributed by atoms with van der Waals surface area (Å²) in [5.74, 6) is 0.0256. The lowest BCUT2D eigenvalue weighted by Crippen LogP contribution is -2.50. The standard InChI is InChI=1S/C27H36FN3O/c1-22(2)27(21-29,24-7-4-3-5-8-24)15-6-16-30-17-19-31(20-18-30)26(32)14-11-23-9-12-25(28)13-10-23/h3-5,7-10,12-13,22,26,32H,6,11,14-20H2,1-2H3. The van der Waals surface area contributed by atoms with Crippen LogP contribution in [0.2, 0.25) is 0 Å². The van der Waals surface area contributed by atoms with Gasteiger partial charge in [0, 0.05) is 26.2 Å². The first kappa shape index (κ1) is 24.4. The third-order valence-electron chi connectivity index (χ3n) is 6.95. The van der Waals surface area contributed by atoms with Gasteiger partial charge in [-0.1, -0.05) is 56.3 Å². The smallest absolute Gasteiger partial charge is 0.123 e. The number of aliphatic hydroxyl groups is 1. The third kappa shape index (κ3) is 6.16. The number of rotatable bonds is 10. The average Bonchev–Trinajstić information content (AvgIpc) is 2.82. The molecule has 2 aromatic carbocycles. The Morgan fingerprint density at radius 2 is 1.69 bits per heavy atom. The topological polar surface area (TPSA) is 50.5 Å². The van der Waals surface area contributed by atoms with Gasteiger partial charge in [0.05, 0.1) is 11.5 Å². The maximum absolute atomic E-state index is 13.0. The molecule has 5 heteroatoms. The van der Waals surface area contributed by atoms with E-state index in [0.29, 0.717) is 6.42 Å². The van der Waals surface area contributed by atoms with Crippen molar-refractivity contribution in [3.05, 3.63) is 71.5 Å². The normalized spacial score (nSPS) is 18.2. The van der Waals surface area contributed by atoms with Gasteiger partial charge in [-0.3, -0.25) is 4.90 Å². The Bertz CT molecular complexity index is 857. The first-order valence-corrected chi connectivity index (χ1v) is 11.8. The fourth-order valence-electron chi connectivity index (χ4n) is 4.75. The number of aliphatic hydroxyl groups excluding tert-OH is 1. The van der Waals surface area contributed by atoms with Gasteiger partial charge in [0.15, 0.2) is 0 Å². The lowest BCUT2D eigenvalue weighted by atomic mass is 9.70. The summed E-state index contributed by atoms with van der Waals surface area (Å²) >= 11 is 0. The summed E-state index contributed by atoms with van der Waals surface area (Å²) in [6, 6.07) is 19.3. The molecule has 0 radical (unpaired) electrons. The number of hydrogen-bond donors (Lipinski definition) is 1. The van der Waals surface area contributed by atoms with Crippen molar-refractivity contribution in [1.82, 2.24) is 9.80 Å². The number of nitriles is 1. The SMILES string of the molecule is CC(C)C(C#N)(CCCN1CCN(C(O)CCc2ccc(F)cc2)CC1)c1ccccc1. The molecule has 32 heavy (non-hydrogen) atoms. The Labute approximate surface area is 192 Å². The van der Waals surface area contributed by atoms with Crippen LogP contribution in [0.1, 0.15) is 44.2 Å².